The van der Waals surface area contributed by atoms with Crippen molar-refractivity contribution in [2.24, 2.45) is 5.92 Å². The molecule has 7 heteroatoms. The van der Waals surface area contributed by atoms with Gasteiger partial charge >= 0.3 is 5.97 Å². The SMILES string of the molecule is O=C(O)C1CN(C(=O)CCC(=O)N2CCCCCC2)CC1c1ccncc1. The summed E-state index contributed by atoms with van der Waals surface area (Å²) in [6.07, 6.45) is 7.99. The summed E-state index contributed by atoms with van der Waals surface area (Å²) in [4.78, 5) is 44.1. The number of carbonyl (C=O) groups is 3. The number of carbonyl (C=O) groups excluding carboxylic acids is 2. The number of pyridine rings is 1. The maximum Gasteiger partial charge on any atom is 0.308 e. The third-order valence-corrected chi connectivity index (χ3v) is 5.64. The second kappa shape index (κ2) is 8.97. The zero-order valence-electron chi connectivity index (χ0n) is 15.5. The first-order valence-corrected chi connectivity index (χ1v) is 9.74. The van der Waals surface area contributed by atoms with Crippen molar-refractivity contribution in [3.63, 3.8) is 0 Å². The van der Waals surface area contributed by atoms with E-state index in [1.165, 1.54) is 0 Å². The number of carboxylic acid groups (broad SMARTS) is 1. The van der Waals surface area contributed by atoms with E-state index in [1.54, 1.807) is 29.4 Å². The van der Waals surface area contributed by atoms with E-state index >= 15 is 0 Å². The average molecular weight is 373 g/mol. The Labute approximate surface area is 159 Å². The molecule has 2 amide bonds. The summed E-state index contributed by atoms with van der Waals surface area (Å²) in [5, 5.41) is 9.55. The molecule has 1 aromatic rings. The molecule has 0 aliphatic carbocycles. The fraction of sp³-hybridized carbons (Fsp3) is 0.600. The Balaban J connectivity index is 1.57. The van der Waals surface area contributed by atoms with Crippen molar-refractivity contribution in [3.05, 3.63) is 30.1 Å². The number of carboxylic acids is 1. The topological polar surface area (TPSA) is 90.8 Å². The molecule has 1 aromatic heterocycles. The normalized spacial score (nSPS) is 23.1. The van der Waals surface area contributed by atoms with Crippen LogP contribution in [0.2, 0.25) is 0 Å². The van der Waals surface area contributed by atoms with E-state index in [0.717, 1.165) is 44.3 Å². The van der Waals surface area contributed by atoms with Crippen LogP contribution >= 0.6 is 0 Å². The van der Waals surface area contributed by atoms with Crippen LogP contribution in [-0.4, -0.2) is 63.9 Å². The summed E-state index contributed by atoms with van der Waals surface area (Å²) in [7, 11) is 0. The monoisotopic (exact) mass is 373 g/mol. The molecule has 2 unspecified atom stereocenters. The molecule has 2 aliphatic rings. The first-order valence-electron chi connectivity index (χ1n) is 9.74. The summed E-state index contributed by atoms with van der Waals surface area (Å²) in [6.45, 7) is 2.13. The van der Waals surface area contributed by atoms with Gasteiger partial charge in [-0.1, -0.05) is 12.8 Å². The summed E-state index contributed by atoms with van der Waals surface area (Å²) >= 11 is 0. The Bertz CT molecular complexity index is 671. The fourth-order valence-corrected chi connectivity index (χ4v) is 4.06. The minimum absolute atomic E-state index is 0.0323. The smallest absolute Gasteiger partial charge is 0.308 e. The lowest BCUT2D eigenvalue weighted by molar-refractivity contribution is -0.142. The highest BCUT2D eigenvalue weighted by molar-refractivity contribution is 5.85. The number of nitrogens with zero attached hydrogens (tertiary/aromatic N) is 3. The fourth-order valence-electron chi connectivity index (χ4n) is 4.06. The van der Waals surface area contributed by atoms with E-state index in [1.807, 2.05) is 4.90 Å². The van der Waals surface area contributed by atoms with Crippen LogP contribution in [0.15, 0.2) is 24.5 Å². The Kier molecular flexibility index (Phi) is 6.42. The van der Waals surface area contributed by atoms with Crippen molar-refractivity contribution in [1.82, 2.24) is 14.8 Å². The van der Waals surface area contributed by atoms with Crippen LogP contribution in [0.25, 0.3) is 0 Å². The van der Waals surface area contributed by atoms with Gasteiger partial charge in [0.2, 0.25) is 11.8 Å². The first-order chi connectivity index (χ1) is 13.1. The van der Waals surface area contributed by atoms with Gasteiger partial charge in [0.15, 0.2) is 0 Å². The van der Waals surface area contributed by atoms with Gasteiger partial charge < -0.3 is 14.9 Å². The number of aliphatic carboxylic acids is 1. The predicted octanol–water partition coefficient (Wildman–Crippen LogP) is 1.89. The number of hydrogen-bond donors (Lipinski definition) is 1. The molecular weight excluding hydrogens is 346 g/mol. The van der Waals surface area contributed by atoms with Gasteiger partial charge in [0.05, 0.1) is 5.92 Å². The third kappa shape index (κ3) is 4.84. The lowest BCUT2D eigenvalue weighted by atomic mass is 9.90. The van der Waals surface area contributed by atoms with Crippen molar-refractivity contribution in [3.8, 4) is 0 Å². The summed E-state index contributed by atoms with van der Waals surface area (Å²) in [6, 6.07) is 3.61. The highest BCUT2D eigenvalue weighted by atomic mass is 16.4. The van der Waals surface area contributed by atoms with Crippen LogP contribution in [-0.2, 0) is 14.4 Å². The maximum atomic E-state index is 12.6. The average Bonchev–Trinajstić information content (AvgIpc) is 2.95. The molecule has 3 heterocycles. The highest BCUT2D eigenvalue weighted by Gasteiger charge is 2.40. The van der Waals surface area contributed by atoms with Gasteiger partial charge in [-0.3, -0.25) is 19.4 Å². The van der Waals surface area contributed by atoms with Gasteiger partial charge in [0.1, 0.15) is 0 Å². The van der Waals surface area contributed by atoms with Gasteiger partial charge in [0, 0.05) is 57.3 Å². The van der Waals surface area contributed by atoms with Crippen molar-refractivity contribution < 1.29 is 19.5 Å². The van der Waals surface area contributed by atoms with Gasteiger partial charge in [-0.25, -0.2) is 0 Å². The third-order valence-electron chi connectivity index (χ3n) is 5.64. The van der Waals surface area contributed by atoms with E-state index in [-0.39, 0.29) is 37.1 Å². The highest BCUT2D eigenvalue weighted by Crippen LogP contribution is 2.33. The molecule has 2 fully saturated rings. The Morgan fingerprint density at radius 2 is 1.52 bits per heavy atom. The van der Waals surface area contributed by atoms with Crippen molar-refractivity contribution in [2.75, 3.05) is 26.2 Å². The largest absolute Gasteiger partial charge is 0.481 e. The quantitative estimate of drug-likeness (QED) is 0.851. The second-order valence-corrected chi connectivity index (χ2v) is 7.43. The van der Waals surface area contributed by atoms with E-state index in [4.69, 9.17) is 0 Å². The molecule has 0 saturated carbocycles. The summed E-state index contributed by atoms with van der Waals surface area (Å²) < 4.78 is 0. The molecule has 0 radical (unpaired) electrons. The minimum Gasteiger partial charge on any atom is -0.481 e. The van der Waals surface area contributed by atoms with Crippen LogP contribution in [0.1, 0.15) is 50.0 Å². The minimum atomic E-state index is -0.896. The molecule has 0 spiro atoms. The van der Waals surface area contributed by atoms with Crippen LogP contribution in [0.3, 0.4) is 0 Å². The lowest BCUT2D eigenvalue weighted by Crippen LogP contribution is -2.34. The van der Waals surface area contributed by atoms with E-state index in [2.05, 4.69) is 4.98 Å². The van der Waals surface area contributed by atoms with E-state index < -0.39 is 11.9 Å². The Morgan fingerprint density at radius 3 is 2.11 bits per heavy atom. The molecular formula is C20H27N3O4. The standard InChI is InChI=1S/C20H27N3O4/c24-18(22-11-3-1-2-4-12-22)5-6-19(25)23-13-16(17(14-23)20(26)27)15-7-9-21-10-8-15/h7-10,16-17H,1-6,11-14H2,(H,26,27). The summed E-state index contributed by atoms with van der Waals surface area (Å²) in [5.41, 5.74) is 0.883. The van der Waals surface area contributed by atoms with Crippen molar-refractivity contribution in [2.45, 2.75) is 44.4 Å². The molecule has 0 aromatic carbocycles. The van der Waals surface area contributed by atoms with E-state index in [9.17, 15) is 19.5 Å². The van der Waals surface area contributed by atoms with E-state index in [0.29, 0.717) is 6.54 Å². The molecule has 27 heavy (non-hydrogen) atoms. The zero-order valence-corrected chi connectivity index (χ0v) is 15.5. The molecule has 2 aliphatic heterocycles. The zero-order chi connectivity index (χ0) is 19.2. The molecule has 2 atom stereocenters. The van der Waals surface area contributed by atoms with Crippen LogP contribution in [0.5, 0.6) is 0 Å². The maximum absolute atomic E-state index is 12.6. The molecule has 1 N–H and O–H groups in total. The molecule has 2 saturated heterocycles. The summed E-state index contributed by atoms with van der Waals surface area (Å²) in [5.74, 6) is -1.87. The molecule has 7 nitrogen and oxygen atoms in total. The van der Waals surface area contributed by atoms with Crippen molar-refractivity contribution in [1.29, 1.82) is 0 Å². The second-order valence-electron chi connectivity index (χ2n) is 7.43. The van der Waals surface area contributed by atoms with Gasteiger partial charge in [0.25, 0.3) is 0 Å². The van der Waals surface area contributed by atoms with Gasteiger partial charge in [-0.05, 0) is 30.5 Å². The van der Waals surface area contributed by atoms with Gasteiger partial charge in [-0.15, -0.1) is 0 Å². The number of rotatable bonds is 5. The molecule has 3 rings (SSSR count). The molecule has 146 valence electrons. The first kappa shape index (κ1) is 19.3. The van der Waals surface area contributed by atoms with Gasteiger partial charge in [-0.2, -0.15) is 0 Å². The van der Waals surface area contributed by atoms with Crippen molar-refractivity contribution >= 4 is 17.8 Å². The van der Waals surface area contributed by atoms with Crippen LogP contribution in [0, 0.1) is 5.92 Å². The molecule has 0 bridgehead atoms. The number of hydrogen-bond acceptors (Lipinski definition) is 4. The van der Waals surface area contributed by atoms with Crippen LogP contribution < -0.4 is 0 Å². The van der Waals surface area contributed by atoms with Crippen LogP contribution in [0.4, 0.5) is 0 Å². The number of amides is 2. The number of aromatic nitrogens is 1. The predicted molar refractivity (Wildman–Crippen MR) is 99.0 cm³/mol. The Hall–Kier alpha value is -2.44. The Morgan fingerprint density at radius 1 is 0.926 bits per heavy atom. The number of likely N-dealkylation sites (tertiary alicyclic amines) is 2. The lowest BCUT2D eigenvalue weighted by Gasteiger charge is -2.21.